The zero-order chi connectivity index (χ0) is 23.2. The Morgan fingerprint density at radius 1 is 0.909 bits per heavy atom. The largest absolute Gasteiger partial charge is 0.464 e. The number of amides is 1. The van der Waals surface area contributed by atoms with Crippen LogP contribution in [-0.4, -0.2) is 23.1 Å². The second kappa shape index (κ2) is 10.3. The summed E-state index contributed by atoms with van der Waals surface area (Å²) in [6, 6.07) is 23.4. The second-order valence-electron chi connectivity index (χ2n) is 7.25. The average Bonchev–Trinajstić information content (AvgIpc) is 3.18. The summed E-state index contributed by atoms with van der Waals surface area (Å²) in [6.45, 7) is 3.99. The van der Waals surface area contributed by atoms with Crippen LogP contribution in [0.3, 0.4) is 0 Å². The smallest absolute Gasteiger partial charge is 0.329 e. The number of fused-ring (bicyclic) bond motifs is 1. The molecule has 1 amide bonds. The van der Waals surface area contributed by atoms with Gasteiger partial charge in [-0.05, 0) is 61.9 Å². The number of hydrogen-bond donors (Lipinski definition) is 0. The van der Waals surface area contributed by atoms with Gasteiger partial charge in [0.15, 0.2) is 4.80 Å². The molecular formula is C26H24N2O4S. The van der Waals surface area contributed by atoms with Gasteiger partial charge in [0.05, 0.1) is 16.8 Å². The predicted molar refractivity (Wildman–Crippen MR) is 129 cm³/mol. The molecule has 168 valence electrons. The van der Waals surface area contributed by atoms with Crippen molar-refractivity contribution in [2.75, 3.05) is 6.61 Å². The van der Waals surface area contributed by atoms with E-state index in [-0.39, 0.29) is 11.9 Å². The maximum atomic E-state index is 13.0. The number of ether oxygens (including phenoxy) is 2. The molecule has 3 aromatic carbocycles. The van der Waals surface area contributed by atoms with E-state index in [0.29, 0.717) is 29.1 Å². The first kappa shape index (κ1) is 22.5. The maximum absolute atomic E-state index is 13.0. The third kappa shape index (κ3) is 5.04. The molecule has 0 saturated heterocycles. The molecule has 7 heteroatoms. The molecule has 0 fully saturated rings. The molecule has 0 aliphatic rings. The molecule has 1 unspecified atom stereocenters. The lowest BCUT2D eigenvalue weighted by molar-refractivity contribution is -0.147. The van der Waals surface area contributed by atoms with Crippen LogP contribution in [0, 0.1) is 0 Å². The van der Waals surface area contributed by atoms with Crippen molar-refractivity contribution < 1.29 is 19.1 Å². The van der Waals surface area contributed by atoms with Gasteiger partial charge in [-0.1, -0.05) is 48.6 Å². The quantitative estimate of drug-likeness (QED) is 0.329. The molecule has 0 spiro atoms. The number of carbonyl (C=O) groups excluding carboxylic acids is 2. The van der Waals surface area contributed by atoms with Crippen LogP contribution in [-0.2, 0) is 9.53 Å². The first-order valence-corrected chi connectivity index (χ1v) is 11.6. The number of aromatic nitrogens is 1. The first-order chi connectivity index (χ1) is 16.1. The fourth-order valence-corrected chi connectivity index (χ4v) is 4.57. The summed E-state index contributed by atoms with van der Waals surface area (Å²) < 4.78 is 13.8. The molecule has 1 atom stereocenters. The Hall–Kier alpha value is -3.71. The third-order valence-corrected chi connectivity index (χ3v) is 6.10. The Labute approximate surface area is 195 Å². The van der Waals surface area contributed by atoms with E-state index in [1.807, 2.05) is 66.1 Å². The normalized spacial score (nSPS) is 12.5. The highest BCUT2D eigenvalue weighted by Gasteiger charge is 2.23. The van der Waals surface area contributed by atoms with Crippen LogP contribution in [0.5, 0.6) is 11.5 Å². The number of nitrogens with zero attached hydrogens (tertiary/aromatic N) is 2. The summed E-state index contributed by atoms with van der Waals surface area (Å²) in [5.74, 6) is 0.625. The van der Waals surface area contributed by atoms with Gasteiger partial charge in [-0.3, -0.25) is 4.79 Å². The Kier molecular flexibility index (Phi) is 7.00. The lowest BCUT2D eigenvalue weighted by atomic mass is 10.2. The predicted octanol–water partition coefficient (Wildman–Crippen LogP) is 5.75. The molecule has 4 aromatic rings. The van der Waals surface area contributed by atoms with Crippen LogP contribution in [0.15, 0.2) is 83.9 Å². The van der Waals surface area contributed by atoms with Gasteiger partial charge in [-0.2, -0.15) is 4.99 Å². The SMILES string of the molecule is CCOC(=O)C(CC)n1/c(=N/C(=O)c2ccc(Oc3ccccc3)cc2)sc2ccccc21. The van der Waals surface area contributed by atoms with Crippen LogP contribution in [0.1, 0.15) is 36.7 Å². The molecule has 1 aromatic heterocycles. The summed E-state index contributed by atoms with van der Waals surface area (Å²) in [4.78, 5) is 30.5. The molecule has 0 radical (unpaired) electrons. The highest BCUT2D eigenvalue weighted by molar-refractivity contribution is 7.16. The molecule has 0 bridgehead atoms. The number of benzene rings is 3. The van der Waals surface area contributed by atoms with Crippen LogP contribution in [0.4, 0.5) is 0 Å². The lowest BCUT2D eigenvalue weighted by Gasteiger charge is -2.16. The van der Waals surface area contributed by atoms with Crippen molar-refractivity contribution in [2.24, 2.45) is 4.99 Å². The number of rotatable bonds is 7. The zero-order valence-electron chi connectivity index (χ0n) is 18.4. The molecule has 6 nitrogen and oxygen atoms in total. The number of esters is 1. The minimum absolute atomic E-state index is 0.292. The van der Waals surface area contributed by atoms with Crippen LogP contribution in [0.2, 0.25) is 0 Å². The Morgan fingerprint density at radius 3 is 2.27 bits per heavy atom. The minimum Gasteiger partial charge on any atom is -0.464 e. The van der Waals surface area contributed by atoms with E-state index in [9.17, 15) is 9.59 Å². The van der Waals surface area contributed by atoms with Gasteiger partial charge in [0.1, 0.15) is 17.5 Å². The highest BCUT2D eigenvalue weighted by atomic mass is 32.1. The summed E-state index contributed by atoms with van der Waals surface area (Å²) in [5.41, 5.74) is 1.28. The van der Waals surface area contributed by atoms with Crippen LogP contribution >= 0.6 is 11.3 Å². The number of hydrogen-bond acceptors (Lipinski definition) is 5. The van der Waals surface area contributed by atoms with E-state index in [2.05, 4.69) is 4.99 Å². The summed E-state index contributed by atoms with van der Waals surface area (Å²) in [7, 11) is 0. The van der Waals surface area contributed by atoms with E-state index < -0.39 is 6.04 Å². The minimum atomic E-state index is -0.561. The molecule has 0 saturated carbocycles. The third-order valence-electron chi connectivity index (χ3n) is 5.07. The van der Waals surface area contributed by atoms with E-state index in [1.54, 1.807) is 31.2 Å². The fourth-order valence-electron chi connectivity index (χ4n) is 3.51. The highest BCUT2D eigenvalue weighted by Crippen LogP contribution is 2.24. The van der Waals surface area contributed by atoms with Gasteiger partial charge in [0.2, 0.25) is 0 Å². The topological polar surface area (TPSA) is 69.9 Å². The number of carbonyl (C=O) groups is 2. The van der Waals surface area contributed by atoms with Crippen molar-refractivity contribution >= 4 is 33.4 Å². The molecule has 0 N–H and O–H groups in total. The summed E-state index contributed by atoms with van der Waals surface area (Å²) in [5, 5.41) is 0. The van der Waals surface area contributed by atoms with E-state index in [1.165, 1.54) is 11.3 Å². The monoisotopic (exact) mass is 460 g/mol. The molecular weight excluding hydrogens is 436 g/mol. The van der Waals surface area contributed by atoms with E-state index in [4.69, 9.17) is 9.47 Å². The van der Waals surface area contributed by atoms with Crippen molar-refractivity contribution in [2.45, 2.75) is 26.3 Å². The Morgan fingerprint density at radius 2 is 1.58 bits per heavy atom. The van der Waals surface area contributed by atoms with Crippen molar-refractivity contribution in [1.82, 2.24) is 4.57 Å². The zero-order valence-corrected chi connectivity index (χ0v) is 19.2. The van der Waals surface area contributed by atoms with Crippen molar-refractivity contribution in [3.05, 3.63) is 89.2 Å². The molecule has 4 rings (SSSR count). The lowest BCUT2D eigenvalue weighted by Crippen LogP contribution is -2.29. The fraction of sp³-hybridized carbons (Fsp3) is 0.192. The van der Waals surface area contributed by atoms with Crippen molar-refractivity contribution in [3.63, 3.8) is 0 Å². The van der Waals surface area contributed by atoms with E-state index >= 15 is 0 Å². The molecule has 33 heavy (non-hydrogen) atoms. The number of thiazole rings is 1. The Balaban J connectivity index is 1.68. The number of para-hydroxylation sites is 2. The van der Waals surface area contributed by atoms with Gasteiger partial charge in [-0.15, -0.1) is 0 Å². The molecule has 0 aliphatic carbocycles. The van der Waals surface area contributed by atoms with Crippen LogP contribution in [0.25, 0.3) is 10.2 Å². The maximum Gasteiger partial charge on any atom is 0.329 e. The standard InChI is InChI=1S/C26H24N2O4S/c1-3-21(25(30)31-4-2)28-22-12-8-9-13-23(22)33-26(28)27-24(29)18-14-16-20(17-15-18)32-19-10-6-5-7-11-19/h5-17,21H,3-4H2,1-2H3/b27-26-. The van der Waals surface area contributed by atoms with Gasteiger partial charge >= 0.3 is 5.97 Å². The molecule has 0 aliphatic heterocycles. The van der Waals surface area contributed by atoms with Gasteiger partial charge in [0, 0.05) is 5.56 Å². The Bertz CT molecular complexity index is 1320. The summed E-state index contributed by atoms with van der Waals surface area (Å²) >= 11 is 1.37. The summed E-state index contributed by atoms with van der Waals surface area (Å²) in [6.07, 6.45) is 0.520. The van der Waals surface area contributed by atoms with Gasteiger partial charge < -0.3 is 14.0 Å². The van der Waals surface area contributed by atoms with Gasteiger partial charge in [0.25, 0.3) is 5.91 Å². The van der Waals surface area contributed by atoms with E-state index in [0.717, 1.165) is 16.0 Å². The average molecular weight is 461 g/mol. The first-order valence-electron chi connectivity index (χ1n) is 10.8. The van der Waals surface area contributed by atoms with Gasteiger partial charge in [-0.25, -0.2) is 4.79 Å². The second-order valence-corrected chi connectivity index (χ2v) is 8.26. The van der Waals surface area contributed by atoms with Crippen molar-refractivity contribution in [3.8, 4) is 11.5 Å². The van der Waals surface area contributed by atoms with Crippen LogP contribution < -0.4 is 9.54 Å². The molecule has 1 heterocycles. The van der Waals surface area contributed by atoms with Crippen molar-refractivity contribution in [1.29, 1.82) is 0 Å².